The molecular formula is C20H26N2O3. The van der Waals surface area contributed by atoms with E-state index in [4.69, 9.17) is 5.21 Å². The molecule has 0 saturated heterocycles. The predicted octanol–water partition coefficient (Wildman–Crippen LogP) is 3.20. The fourth-order valence-electron chi connectivity index (χ4n) is 5.81. The van der Waals surface area contributed by atoms with Crippen LogP contribution in [-0.4, -0.2) is 17.0 Å². The van der Waals surface area contributed by atoms with E-state index in [1.54, 1.807) is 17.6 Å². The molecular weight excluding hydrogens is 316 g/mol. The highest BCUT2D eigenvalue weighted by molar-refractivity contribution is 5.93. The van der Waals surface area contributed by atoms with Crippen LogP contribution in [0.3, 0.4) is 0 Å². The van der Waals surface area contributed by atoms with E-state index < -0.39 is 5.91 Å². The first-order valence-corrected chi connectivity index (χ1v) is 9.34. The van der Waals surface area contributed by atoms with Gasteiger partial charge in [0.1, 0.15) is 0 Å². The Labute approximate surface area is 148 Å². The number of hydrogen-bond donors (Lipinski definition) is 3. The van der Waals surface area contributed by atoms with E-state index in [9.17, 15) is 9.59 Å². The van der Waals surface area contributed by atoms with Crippen LogP contribution in [0.25, 0.3) is 0 Å². The Morgan fingerprint density at radius 2 is 1.56 bits per heavy atom. The molecule has 4 fully saturated rings. The molecule has 134 valence electrons. The molecule has 0 spiro atoms. The number of hydroxylamine groups is 1. The maximum absolute atomic E-state index is 13.1. The Bertz CT molecular complexity index is 647. The second kappa shape index (κ2) is 6.13. The van der Waals surface area contributed by atoms with Gasteiger partial charge in [-0.2, -0.15) is 0 Å². The summed E-state index contributed by atoms with van der Waals surface area (Å²) in [5.41, 5.74) is 2.85. The molecule has 2 amide bonds. The lowest BCUT2D eigenvalue weighted by atomic mass is 9.49. The van der Waals surface area contributed by atoms with Crippen molar-refractivity contribution in [1.29, 1.82) is 0 Å². The lowest BCUT2D eigenvalue weighted by molar-refractivity contribution is -0.147. The summed E-state index contributed by atoms with van der Waals surface area (Å²) in [5.74, 6) is 1.95. The SMILES string of the molecule is C[C@@H](NC(=O)C12CC3CC(CC(C3)C1)C2)c1ccc(C(=O)NO)cc1. The van der Waals surface area contributed by atoms with Gasteiger partial charge in [-0.3, -0.25) is 14.8 Å². The molecule has 5 rings (SSSR count). The normalized spacial score (nSPS) is 33.8. The maximum Gasteiger partial charge on any atom is 0.274 e. The molecule has 1 atom stereocenters. The van der Waals surface area contributed by atoms with Crippen molar-refractivity contribution in [3.63, 3.8) is 0 Å². The van der Waals surface area contributed by atoms with Crippen LogP contribution in [0.15, 0.2) is 24.3 Å². The average Bonchev–Trinajstić information content (AvgIpc) is 2.60. The first-order chi connectivity index (χ1) is 12.0. The van der Waals surface area contributed by atoms with Crippen LogP contribution < -0.4 is 10.8 Å². The van der Waals surface area contributed by atoms with Crippen molar-refractivity contribution >= 4 is 11.8 Å². The van der Waals surface area contributed by atoms with Crippen LogP contribution in [0.2, 0.25) is 0 Å². The summed E-state index contributed by atoms with van der Waals surface area (Å²) >= 11 is 0. The van der Waals surface area contributed by atoms with Gasteiger partial charge >= 0.3 is 0 Å². The van der Waals surface area contributed by atoms with Crippen molar-refractivity contribution in [2.45, 2.75) is 51.5 Å². The first-order valence-electron chi connectivity index (χ1n) is 9.34. The molecule has 25 heavy (non-hydrogen) atoms. The van der Waals surface area contributed by atoms with Crippen molar-refractivity contribution < 1.29 is 14.8 Å². The fourth-order valence-corrected chi connectivity index (χ4v) is 5.81. The lowest BCUT2D eigenvalue weighted by Crippen LogP contribution is -2.53. The monoisotopic (exact) mass is 342 g/mol. The molecule has 4 bridgehead atoms. The Hall–Kier alpha value is -1.88. The van der Waals surface area contributed by atoms with Crippen molar-refractivity contribution in [3.8, 4) is 0 Å². The van der Waals surface area contributed by atoms with Crippen LogP contribution in [0.5, 0.6) is 0 Å². The van der Waals surface area contributed by atoms with E-state index in [-0.39, 0.29) is 17.4 Å². The van der Waals surface area contributed by atoms with E-state index in [1.807, 2.05) is 19.1 Å². The van der Waals surface area contributed by atoms with Gasteiger partial charge in [0.05, 0.1) is 6.04 Å². The third-order valence-corrected chi connectivity index (χ3v) is 6.64. The highest BCUT2D eigenvalue weighted by Gasteiger charge is 2.54. The quantitative estimate of drug-likeness (QED) is 0.581. The summed E-state index contributed by atoms with van der Waals surface area (Å²) in [7, 11) is 0. The zero-order chi connectivity index (χ0) is 17.6. The van der Waals surface area contributed by atoms with Gasteiger partial charge in [-0.25, -0.2) is 5.48 Å². The number of amides is 2. The summed E-state index contributed by atoms with van der Waals surface area (Å²) in [6, 6.07) is 6.89. The average molecular weight is 342 g/mol. The fraction of sp³-hybridized carbons (Fsp3) is 0.600. The molecule has 0 aromatic heterocycles. The Morgan fingerprint density at radius 1 is 1.04 bits per heavy atom. The second-order valence-electron chi connectivity index (χ2n) is 8.46. The van der Waals surface area contributed by atoms with Crippen LogP contribution in [0.1, 0.15) is 67.4 Å². The lowest BCUT2D eigenvalue weighted by Gasteiger charge is -2.55. The van der Waals surface area contributed by atoms with Crippen molar-refractivity contribution in [3.05, 3.63) is 35.4 Å². The van der Waals surface area contributed by atoms with Crippen molar-refractivity contribution in [1.82, 2.24) is 10.8 Å². The Morgan fingerprint density at radius 3 is 2.04 bits per heavy atom. The van der Waals surface area contributed by atoms with Gasteiger partial charge in [-0.05, 0) is 80.9 Å². The predicted molar refractivity (Wildman–Crippen MR) is 92.9 cm³/mol. The third-order valence-electron chi connectivity index (χ3n) is 6.64. The number of benzene rings is 1. The summed E-state index contributed by atoms with van der Waals surface area (Å²) in [6.07, 6.45) is 7.18. The third kappa shape index (κ3) is 2.95. The van der Waals surface area contributed by atoms with E-state index in [1.165, 1.54) is 19.3 Å². The van der Waals surface area contributed by atoms with Gasteiger partial charge in [0.15, 0.2) is 0 Å². The summed E-state index contributed by atoms with van der Waals surface area (Å²) in [4.78, 5) is 24.5. The molecule has 5 nitrogen and oxygen atoms in total. The molecule has 0 radical (unpaired) electrons. The number of rotatable bonds is 4. The minimum Gasteiger partial charge on any atom is -0.349 e. The van der Waals surface area contributed by atoms with E-state index >= 15 is 0 Å². The highest BCUT2D eigenvalue weighted by Crippen LogP contribution is 2.60. The number of hydrogen-bond acceptors (Lipinski definition) is 3. The van der Waals surface area contributed by atoms with Gasteiger partial charge in [0.2, 0.25) is 5.91 Å². The molecule has 0 unspecified atom stereocenters. The molecule has 0 heterocycles. The van der Waals surface area contributed by atoms with Crippen molar-refractivity contribution in [2.75, 3.05) is 0 Å². The maximum atomic E-state index is 13.1. The van der Waals surface area contributed by atoms with Crippen LogP contribution in [0, 0.1) is 23.2 Å². The smallest absolute Gasteiger partial charge is 0.274 e. The van der Waals surface area contributed by atoms with Gasteiger partial charge in [0.25, 0.3) is 5.91 Å². The van der Waals surface area contributed by atoms with Crippen molar-refractivity contribution in [2.24, 2.45) is 23.2 Å². The minimum absolute atomic E-state index is 0.0910. The molecule has 1 aromatic rings. The number of carbonyl (C=O) groups excluding carboxylic acids is 2. The highest BCUT2D eigenvalue weighted by atomic mass is 16.5. The van der Waals surface area contributed by atoms with E-state index in [0.29, 0.717) is 5.56 Å². The summed E-state index contributed by atoms with van der Waals surface area (Å²) in [6.45, 7) is 1.99. The Kier molecular flexibility index (Phi) is 4.07. The largest absolute Gasteiger partial charge is 0.349 e. The molecule has 1 aromatic carbocycles. The zero-order valence-corrected chi connectivity index (χ0v) is 14.6. The minimum atomic E-state index is -0.531. The number of carbonyl (C=O) groups is 2. The summed E-state index contributed by atoms with van der Waals surface area (Å²) < 4.78 is 0. The summed E-state index contributed by atoms with van der Waals surface area (Å²) in [5, 5.41) is 11.9. The van der Waals surface area contributed by atoms with Gasteiger partial charge in [-0.1, -0.05) is 12.1 Å². The second-order valence-corrected chi connectivity index (χ2v) is 8.46. The van der Waals surface area contributed by atoms with E-state index in [0.717, 1.165) is 42.6 Å². The van der Waals surface area contributed by atoms with Crippen LogP contribution in [-0.2, 0) is 4.79 Å². The molecule has 4 saturated carbocycles. The standard InChI is InChI=1S/C20H26N2O3/c1-12(16-2-4-17(5-3-16)18(23)22-25)21-19(24)20-9-13-6-14(10-20)8-15(7-13)11-20/h2-5,12-15,25H,6-11H2,1H3,(H,21,24)(H,22,23)/t12-,13?,14?,15?,20?/m1/s1. The van der Waals surface area contributed by atoms with Gasteiger partial charge in [-0.15, -0.1) is 0 Å². The van der Waals surface area contributed by atoms with Gasteiger partial charge in [0, 0.05) is 11.0 Å². The van der Waals surface area contributed by atoms with Gasteiger partial charge < -0.3 is 5.32 Å². The zero-order valence-electron chi connectivity index (χ0n) is 14.6. The van der Waals surface area contributed by atoms with E-state index in [2.05, 4.69) is 5.32 Å². The van der Waals surface area contributed by atoms with Crippen LogP contribution >= 0.6 is 0 Å². The molecule has 3 N–H and O–H groups in total. The molecule has 5 heteroatoms. The number of nitrogens with one attached hydrogen (secondary N) is 2. The first kappa shape index (κ1) is 16.6. The Balaban J connectivity index is 1.45. The van der Waals surface area contributed by atoms with Crippen LogP contribution in [0.4, 0.5) is 0 Å². The molecule has 0 aliphatic heterocycles. The topological polar surface area (TPSA) is 78.4 Å². The molecule has 4 aliphatic carbocycles. The molecule has 4 aliphatic rings.